The highest BCUT2D eigenvalue weighted by molar-refractivity contribution is 7.22. The van der Waals surface area contributed by atoms with Crippen LogP contribution in [0.25, 0.3) is 10.2 Å². The van der Waals surface area contributed by atoms with Gasteiger partial charge in [-0.2, -0.15) is 5.26 Å². The maximum atomic E-state index is 11.6. The fourth-order valence-electron chi connectivity index (χ4n) is 1.44. The Balaban J connectivity index is 2.18. The van der Waals surface area contributed by atoms with Crippen molar-refractivity contribution in [3.63, 3.8) is 0 Å². The standard InChI is InChI=1S/C13H13N3O2S/c1-13(2,3)18-12(17)16-11-15-9-6-8(7-14)4-5-10(9)19-11/h4-6H,1-3H3,(H,15,16,17). The predicted molar refractivity (Wildman–Crippen MR) is 74.2 cm³/mol. The SMILES string of the molecule is CC(C)(C)OC(=O)Nc1nc2cc(C#N)ccc2s1. The summed E-state index contributed by atoms with van der Waals surface area (Å²) >= 11 is 1.34. The molecule has 0 saturated carbocycles. The largest absolute Gasteiger partial charge is 0.444 e. The number of anilines is 1. The molecule has 1 heterocycles. The molecule has 6 heteroatoms. The number of rotatable bonds is 1. The van der Waals surface area contributed by atoms with Gasteiger partial charge in [0.15, 0.2) is 5.13 Å². The third-order valence-corrected chi connectivity index (χ3v) is 3.08. The number of nitrogens with one attached hydrogen (secondary N) is 1. The van der Waals surface area contributed by atoms with Gasteiger partial charge in [-0.3, -0.25) is 5.32 Å². The highest BCUT2D eigenvalue weighted by Gasteiger charge is 2.17. The summed E-state index contributed by atoms with van der Waals surface area (Å²) in [5.74, 6) is 0. The Kier molecular flexibility index (Phi) is 3.40. The van der Waals surface area contributed by atoms with E-state index in [1.54, 1.807) is 32.9 Å². The van der Waals surface area contributed by atoms with Gasteiger partial charge in [0.1, 0.15) is 5.60 Å². The molecule has 2 aromatic rings. The van der Waals surface area contributed by atoms with E-state index in [2.05, 4.69) is 16.4 Å². The van der Waals surface area contributed by atoms with Crippen LogP contribution in [0, 0.1) is 11.3 Å². The lowest BCUT2D eigenvalue weighted by Crippen LogP contribution is -2.27. The highest BCUT2D eigenvalue weighted by Crippen LogP contribution is 2.26. The van der Waals surface area contributed by atoms with Crippen molar-refractivity contribution >= 4 is 32.8 Å². The third kappa shape index (κ3) is 3.42. The molecule has 0 unspecified atom stereocenters. The summed E-state index contributed by atoms with van der Waals surface area (Å²) in [7, 11) is 0. The van der Waals surface area contributed by atoms with Crippen LogP contribution in [-0.4, -0.2) is 16.7 Å². The normalized spacial score (nSPS) is 11.1. The van der Waals surface area contributed by atoms with E-state index < -0.39 is 11.7 Å². The molecule has 19 heavy (non-hydrogen) atoms. The van der Waals surface area contributed by atoms with E-state index in [4.69, 9.17) is 10.00 Å². The molecule has 98 valence electrons. The van der Waals surface area contributed by atoms with Crippen molar-refractivity contribution in [2.45, 2.75) is 26.4 Å². The Morgan fingerprint density at radius 3 is 2.84 bits per heavy atom. The van der Waals surface area contributed by atoms with E-state index in [0.29, 0.717) is 16.2 Å². The van der Waals surface area contributed by atoms with Crippen LogP contribution in [0.3, 0.4) is 0 Å². The number of nitrogens with zero attached hydrogens (tertiary/aromatic N) is 2. The number of thiazole rings is 1. The minimum atomic E-state index is -0.547. The van der Waals surface area contributed by atoms with Crippen LogP contribution in [0.2, 0.25) is 0 Å². The van der Waals surface area contributed by atoms with Gasteiger partial charge in [-0.25, -0.2) is 9.78 Å². The van der Waals surface area contributed by atoms with Crippen molar-refractivity contribution < 1.29 is 9.53 Å². The van der Waals surface area contributed by atoms with Crippen LogP contribution >= 0.6 is 11.3 Å². The molecule has 1 amide bonds. The number of amides is 1. The first-order valence-electron chi connectivity index (χ1n) is 5.68. The summed E-state index contributed by atoms with van der Waals surface area (Å²) in [4.78, 5) is 15.9. The monoisotopic (exact) mass is 275 g/mol. The number of aromatic nitrogens is 1. The van der Waals surface area contributed by atoms with E-state index in [1.165, 1.54) is 11.3 Å². The molecular weight excluding hydrogens is 262 g/mol. The first-order valence-corrected chi connectivity index (χ1v) is 6.50. The van der Waals surface area contributed by atoms with Gasteiger partial charge in [0.25, 0.3) is 0 Å². The summed E-state index contributed by atoms with van der Waals surface area (Å²) in [5, 5.41) is 11.9. The molecule has 2 rings (SSSR count). The van der Waals surface area contributed by atoms with Gasteiger partial charge in [0.2, 0.25) is 0 Å². The summed E-state index contributed by atoms with van der Waals surface area (Å²) in [6, 6.07) is 7.27. The number of fused-ring (bicyclic) bond motifs is 1. The zero-order chi connectivity index (χ0) is 14.0. The molecular formula is C13H13N3O2S. The molecule has 0 aliphatic heterocycles. The quantitative estimate of drug-likeness (QED) is 0.864. The first kappa shape index (κ1) is 13.3. The molecule has 5 nitrogen and oxygen atoms in total. The van der Waals surface area contributed by atoms with Gasteiger partial charge in [0, 0.05) is 0 Å². The van der Waals surface area contributed by atoms with E-state index >= 15 is 0 Å². The number of hydrogen-bond acceptors (Lipinski definition) is 5. The molecule has 0 radical (unpaired) electrons. The fraction of sp³-hybridized carbons (Fsp3) is 0.308. The molecule has 0 fully saturated rings. The summed E-state index contributed by atoms with van der Waals surface area (Å²) in [6.45, 7) is 5.39. The maximum Gasteiger partial charge on any atom is 0.413 e. The second-order valence-corrected chi connectivity index (χ2v) is 5.97. The highest BCUT2D eigenvalue weighted by atomic mass is 32.1. The lowest BCUT2D eigenvalue weighted by Gasteiger charge is -2.18. The van der Waals surface area contributed by atoms with Crippen molar-refractivity contribution in [2.24, 2.45) is 0 Å². The second kappa shape index (κ2) is 4.86. The molecule has 0 saturated heterocycles. The first-order chi connectivity index (χ1) is 8.87. The maximum absolute atomic E-state index is 11.6. The lowest BCUT2D eigenvalue weighted by molar-refractivity contribution is 0.0636. The Morgan fingerprint density at radius 1 is 1.47 bits per heavy atom. The second-order valence-electron chi connectivity index (χ2n) is 4.94. The Hall–Kier alpha value is -2.13. The van der Waals surface area contributed by atoms with Crippen molar-refractivity contribution in [3.05, 3.63) is 23.8 Å². The van der Waals surface area contributed by atoms with Crippen molar-refractivity contribution in [2.75, 3.05) is 5.32 Å². The Labute approximate surface area is 114 Å². The third-order valence-electron chi connectivity index (χ3n) is 2.12. The molecule has 1 aromatic carbocycles. The van der Waals surface area contributed by atoms with Crippen LogP contribution in [0.5, 0.6) is 0 Å². The number of carbonyl (C=O) groups is 1. The van der Waals surface area contributed by atoms with Crippen LogP contribution in [0.4, 0.5) is 9.93 Å². The van der Waals surface area contributed by atoms with Crippen molar-refractivity contribution in [1.82, 2.24) is 4.98 Å². The molecule has 0 bridgehead atoms. The number of nitriles is 1. The molecule has 0 atom stereocenters. The summed E-state index contributed by atoms with van der Waals surface area (Å²) in [5.41, 5.74) is 0.686. The van der Waals surface area contributed by atoms with E-state index in [0.717, 1.165) is 4.70 Å². The number of ether oxygens (including phenoxy) is 1. The van der Waals surface area contributed by atoms with Gasteiger partial charge in [-0.05, 0) is 39.0 Å². The topological polar surface area (TPSA) is 75.0 Å². The average molecular weight is 275 g/mol. The van der Waals surface area contributed by atoms with Crippen LogP contribution in [0.1, 0.15) is 26.3 Å². The van der Waals surface area contributed by atoms with E-state index in [1.807, 2.05) is 6.07 Å². The molecule has 0 spiro atoms. The number of benzene rings is 1. The van der Waals surface area contributed by atoms with E-state index in [9.17, 15) is 4.79 Å². The lowest BCUT2D eigenvalue weighted by atomic mass is 10.2. The van der Waals surface area contributed by atoms with Crippen LogP contribution < -0.4 is 5.32 Å². The molecule has 0 aliphatic carbocycles. The minimum absolute atomic E-state index is 0.458. The van der Waals surface area contributed by atoms with Crippen molar-refractivity contribution in [1.29, 1.82) is 5.26 Å². The Bertz CT molecular complexity index is 665. The van der Waals surface area contributed by atoms with Gasteiger partial charge in [-0.15, -0.1) is 0 Å². The van der Waals surface area contributed by atoms with Crippen LogP contribution in [0.15, 0.2) is 18.2 Å². The van der Waals surface area contributed by atoms with Gasteiger partial charge in [-0.1, -0.05) is 11.3 Å². The molecule has 1 N–H and O–H groups in total. The van der Waals surface area contributed by atoms with E-state index in [-0.39, 0.29) is 0 Å². The summed E-state index contributed by atoms with van der Waals surface area (Å²) in [6.07, 6.45) is -0.535. The molecule has 1 aromatic heterocycles. The number of hydrogen-bond donors (Lipinski definition) is 1. The average Bonchev–Trinajstić information content (AvgIpc) is 2.66. The predicted octanol–water partition coefficient (Wildman–Crippen LogP) is 3.51. The summed E-state index contributed by atoms with van der Waals surface area (Å²) < 4.78 is 6.05. The van der Waals surface area contributed by atoms with Crippen molar-refractivity contribution in [3.8, 4) is 6.07 Å². The smallest absolute Gasteiger partial charge is 0.413 e. The van der Waals surface area contributed by atoms with Crippen LogP contribution in [-0.2, 0) is 4.74 Å². The molecule has 0 aliphatic rings. The minimum Gasteiger partial charge on any atom is -0.444 e. The zero-order valence-electron chi connectivity index (χ0n) is 10.9. The zero-order valence-corrected chi connectivity index (χ0v) is 11.7. The Morgan fingerprint density at radius 2 is 2.21 bits per heavy atom. The van der Waals surface area contributed by atoms with Gasteiger partial charge >= 0.3 is 6.09 Å². The van der Waals surface area contributed by atoms with Gasteiger partial charge in [0.05, 0.1) is 21.8 Å². The fourth-order valence-corrected chi connectivity index (χ4v) is 2.27. The van der Waals surface area contributed by atoms with Gasteiger partial charge < -0.3 is 4.74 Å². The number of carbonyl (C=O) groups excluding carboxylic acids is 1.